The molecule has 0 aromatic rings. The van der Waals surface area contributed by atoms with Crippen molar-refractivity contribution >= 4 is 16.5 Å². The standard InChI is InChI=1S/2C18H35O3P.Fe/c2*1-2-3-4-5-6-7-8-9-10-11-12-13-14-15-16-17-18-21-22(19)20;/h2*9-10H,2-8,11-18H2,1H3;/q;;+2. The molecule has 0 aliphatic heterocycles. The summed E-state index contributed by atoms with van der Waals surface area (Å²) < 4.78 is 29.3. The molecule has 0 fully saturated rings. The summed E-state index contributed by atoms with van der Waals surface area (Å²) in [6.45, 7) is 5.21. The predicted molar refractivity (Wildman–Crippen MR) is 186 cm³/mol. The molecule has 0 aliphatic carbocycles. The van der Waals surface area contributed by atoms with Crippen LogP contribution in [0.5, 0.6) is 0 Å². The van der Waals surface area contributed by atoms with Crippen molar-refractivity contribution in [3.63, 3.8) is 0 Å². The van der Waals surface area contributed by atoms with Gasteiger partial charge in [-0.15, -0.1) is 9.05 Å². The molecular formula is C36H70FeO6P2+2. The molecule has 0 rings (SSSR count). The molecule has 2 atom stereocenters. The smallest absolute Gasteiger partial charge is 0.566 e. The Balaban J connectivity index is -0.000000767. The molecule has 0 saturated carbocycles. The van der Waals surface area contributed by atoms with E-state index in [0.717, 1.165) is 25.7 Å². The Bertz CT molecular complexity index is 595. The third-order valence-corrected chi connectivity index (χ3v) is 8.49. The van der Waals surface area contributed by atoms with Gasteiger partial charge in [-0.25, -0.2) is 0 Å². The van der Waals surface area contributed by atoms with E-state index in [9.17, 15) is 18.9 Å². The zero-order chi connectivity index (χ0) is 32.6. The van der Waals surface area contributed by atoms with Crippen molar-refractivity contribution < 1.29 is 45.0 Å². The van der Waals surface area contributed by atoms with Gasteiger partial charge in [-0.2, -0.15) is 0 Å². The second-order valence-corrected chi connectivity index (χ2v) is 13.4. The molecule has 0 heterocycles. The van der Waals surface area contributed by atoms with Gasteiger partial charge < -0.3 is 9.79 Å². The molecule has 0 aromatic heterocycles. The Morgan fingerprint density at radius 1 is 0.400 bits per heavy atom. The van der Waals surface area contributed by atoms with Crippen molar-refractivity contribution in [2.75, 3.05) is 13.2 Å². The maximum absolute atomic E-state index is 10.2. The first-order valence-electron chi connectivity index (χ1n) is 18.4. The minimum absolute atomic E-state index is 0. The van der Waals surface area contributed by atoms with Crippen LogP contribution in [0, 0.1) is 0 Å². The number of hydrogen-bond donors (Lipinski definition) is 0. The van der Waals surface area contributed by atoms with Crippen LogP contribution < -0.4 is 9.79 Å². The molecule has 2 unspecified atom stereocenters. The summed E-state index contributed by atoms with van der Waals surface area (Å²) in [4.78, 5) is 20.3. The van der Waals surface area contributed by atoms with E-state index in [2.05, 4.69) is 47.2 Å². The van der Waals surface area contributed by atoms with Gasteiger partial charge in [-0.05, 0) is 73.3 Å². The quantitative estimate of drug-likeness (QED) is 0.0284. The molecule has 0 N–H and O–H groups in total. The fourth-order valence-corrected chi connectivity index (χ4v) is 5.53. The first-order chi connectivity index (χ1) is 21.5. The summed E-state index contributed by atoms with van der Waals surface area (Å²) in [5.74, 6) is 0. The van der Waals surface area contributed by atoms with Gasteiger partial charge in [-0.3, -0.25) is 0 Å². The molecule has 45 heavy (non-hydrogen) atoms. The van der Waals surface area contributed by atoms with Gasteiger partial charge in [0.05, 0.1) is 0 Å². The largest absolute Gasteiger partial charge is 2.00 e. The molecule has 0 bridgehead atoms. The Morgan fingerprint density at radius 2 is 0.622 bits per heavy atom. The molecule has 0 aromatic carbocycles. The average Bonchev–Trinajstić information content (AvgIpc) is 3.00. The van der Waals surface area contributed by atoms with E-state index < -0.39 is 16.5 Å². The van der Waals surface area contributed by atoms with Gasteiger partial charge in [0.1, 0.15) is 13.2 Å². The van der Waals surface area contributed by atoms with Crippen molar-refractivity contribution in [2.45, 2.75) is 194 Å². The predicted octanol–water partition coefficient (Wildman–Crippen LogP) is 12.1. The Hall–Kier alpha value is 0.0395. The van der Waals surface area contributed by atoms with E-state index >= 15 is 0 Å². The summed E-state index contributed by atoms with van der Waals surface area (Å²) in [5, 5.41) is 0. The van der Waals surface area contributed by atoms with Gasteiger partial charge in [0.25, 0.3) is 0 Å². The van der Waals surface area contributed by atoms with Crippen LogP contribution in [0.25, 0.3) is 0 Å². The second-order valence-electron chi connectivity index (χ2n) is 12.0. The maximum Gasteiger partial charge on any atom is 2.00 e. The van der Waals surface area contributed by atoms with Crippen LogP contribution in [0.15, 0.2) is 24.3 Å². The minimum Gasteiger partial charge on any atom is -0.566 e. The zero-order valence-corrected chi connectivity index (χ0v) is 32.1. The fraction of sp³-hybridized carbons (Fsp3) is 0.889. The zero-order valence-electron chi connectivity index (χ0n) is 29.2. The van der Waals surface area contributed by atoms with Crippen LogP contribution in [0.1, 0.15) is 194 Å². The van der Waals surface area contributed by atoms with Gasteiger partial charge in [0.2, 0.25) is 0 Å². The van der Waals surface area contributed by atoms with Crippen molar-refractivity contribution in [1.82, 2.24) is 0 Å². The van der Waals surface area contributed by atoms with Crippen LogP contribution in [0.2, 0.25) is 0 Å². The minimum atomic E-state index is -2.65. The second kappa shape index (κ2) is 46.2. The van der Waals surface area contributed by atoms with Gasteiger partial charge in [-0.1, -0.05) is 154 Å². The van der Waals surface area contributed by atoms with E-state index in [-0.39, 0.29) is 17.1 Å². The normalized spacial score (nSPS) is 11.9. The summed E-state index contributed by atoms with van der Waals surface area (Å²) in [6, 6.07) is 0. The Kier molecular flexibility index (Phi) is 50.7. The van der Waals surface area contributed by atoms with Crippen molar-refractivity contribution in [3.05, 3.63) is 24.3 Å². The molecule has 6 nitrogen and oxygen atoms in total. The van der Waals surface area contributed by atoms with Crippen LogP contribution in [-0.4, -0.2) is 13.2 Å². The first-order valence-corrected chi connectivity index (χ1v) is 20.6. The van der Waals surface area contributed by atoms with Crippen molar-refractivity contribution in [2.24, 2.45) is 0 Å². The summed E-state index contributed by atoms with van der Waals surface area (Å²) in [7, 11) is -5.30. The van der Waals surface area contributed by atoms with E-state index in [1.54, 1.807) is 0 Å². The van der Waals surface area contributed by atoms with Gasteiger partial charge in [0.15, 0.2) is 0 Å². The molecule has 0 radical (unpaired) electrons. The summed E-state index contributed by atoms with van der Waals surface area (Å²) in [6.07, 6.45) is 44.6. The topological polar surface area (TPSA) is 98.7 Å². The Labute approximate surface area is 291 Å². The Morgan fingerprint density at radius 3 is 0.867 bits per heavy atom. The number of unbranched alkanes of at least 4 members (excludes halogenated alkanes) is 24. The van der Waals surface area contributed by atoms with E-state index in [4.69, 9.17) is 0 Å². The summed E-state index contributed by atoms with van der Waals surface area (Å²) in [5.41, 5.74) is 0. The monoisotopic (exact) mass is 716 g/mol. The number of rotatable bonds is 34. The summed E-state index contributed by atoms with van der Waals surface area (Å²) >= 11 is 0. The van der Waals surface area contributed by atoms with Crippen LogP contribution in [0.4, 0.5) is 0 Å². The molecule has 0 spiro atoms. The number of hydrogen-bond acceptors (Lipinski definition) is 6. The fourth-order valence-electron chi connectivity index (χ4n) is 4.98. The third-order valence-electron chi connectivity index (χ3n) is 7.71. The van der Waals surface area contributed by atoms with Crippen LogP contribution in [-0.2, 0) is 35.2 Å². The van der Waals surface area contributed by atoms with Gasteiger partial charge >= 0.3 is 33.6 Å². The maximum atomic E-state index is 10.2. The van der Waals surface area contributed by atoms with E-state index in [1.165, 1.54) is 154 Å². The first kappa shape index (κ1) is 49.4. The molecule has 266 valence electrons. The molecule has 0 saturated heterocycles. The molecular weight excluding hydrogens is 646 g/mol. The molecule has 9 heteroatoms. The van der Waals surface area contributed by atoms with E-state index in [1.807, 2.05) is 0 Å². The molecule has 0 amide bonds. The third kappa shape index (κ3) is 53.8. The van der Waals surface area contributed by atoms with Crippen LogP contribution >= 0.6 is 16.5 Å². The molecule has 0 aliphatic rings. The van der Waals surface area contributed by atoms with Crippen molar-refractivity contribution in [3.8, 4) is 0 Å². The average molecular weight is 717 g/mol. The van der Waals surface area contributed by atoms with E-state index in [0.29, 0.717) is 13.2 Å². The number of allylic oxidation sites excluding steroid dienone is 4. The van der Waals surface area contributed by atoms with Gasteiger partial charge in [0, 0.05) is 0 Å². The van der Waals surface area contributed by atoms with Crippen LogP contribution in [0.3, 0.4) is 0 Å². The SMILES string of the molecule is CCCCCCCCC=CCCCCCCCCO[P+](=O)[O-].CCCCCCCCC=CCCCCCCCCO[P+](=O)[O-].[Fe+2]. The van der Waals surface area contributed by atoms with Crippen molar-refractivity contribution in [1.29, 1.82) is 0 Å².